The second kappa shape index (κ2) is 6.78. The van der Waals surface area contributed by atoms with Crippen LogP contribution in [0.15, 0.2) is 57.9 Å². The number of carbonyl (C=O) groups is 1. The molecule has 0 saturated heterocycles. The highest BCUT2D eigenvalue weighted by molar-refractivity contribution is 9.10. The first kappa shape index (κ1) is 14.2. The molecule has 0 bridgehead atoms. The first-order chi connectivity index (χ1) is 9.20. The molecular weight excluding hydrogens is 322 g/mol. The van der Waals surface area contributed by atoms with E-state index in [1.807, 2.05) is 48.5 Å². The van der Waals surface area contributed by atoms with Gasteiger partial charge in [0.2, 0.25) is 0 Å². The molecule has 0 aliphatic rings. The van der Waals surface area contributed by atoms with Crippen molar-refractivity contribution in [1.82, 2.24) is 0 Å². The molecule has 0 heterocycles. The second-order valence-electron chi connectivity index (χ2n) is 3.89. The summed E-state index contributed by atoms with van der Waals surface area (Å²) in [5.41, 5.74) is 1.50. The minimum absolute atomic E-state index is 0.0744. The van der Waals surface area contributed by atoms with Crippen LogP contribution in [0.1, 0.15) is 17.3 Å². The van der Waals surface area contributed by atoms with E-state index in [-0.39, 0.29) is 5.91 Å². The maximum atomic E-state index is 12.3. The van der Waals surface area contributed by atoms with Gasteiger partial charge in [-0.05, 0) is 36.1 Å². The molecule has 1 amide bonds. The first-order valence-electron chi connectivity index (χ1n) is 5.99. The largest absolute Gasteiger partial charge is 0.322 e. The smallest absolute Gasteiger partial charge is 0.256 e. The highest BCUT2D eigenvalue weighted by Crippen LogP contribution is 2.23. The van der Waals surface area contributed by atoms with Crippen LogP contribution >= 0.6 is 27.7 Å². The second-order valence-corrected chi connectivity index (χ2v) is 6.12. The van der Waals surface area contributed by atoms with Crippen LogP contribution in [0.2, 0.25) is 0 Å². The molecule has 0 fully saturated rings. The number of thioether (sulfide) groups is 1. The van der Waals surface area contributed by atoms with Gasteiger partial charge in [0, 0.05) is 15.1 Å². The zero-order valence-electron chi connectivity index (χ0n) is 10.5. The average molecular weight is 336 g/mol. The summed E-state index contributed by atoms with van der Waals surface area (Å²) >= 11 is 5.07. The van der Waals surface area contributed by atoms with Gasteiger partial charge in [0.15, 0.2) is 0 Å². The lowest BCUT2D eigenvalue weighted by Crippen LogP contribution is -2.12. The van der Waals surface area contributed by atoms with E-state index in [9.17, 15) is 4.79 Å². The van der Waals surface area contributed by atoms with E-state index in [1.54, 1.807) is 11.8 Å². The van der Waals surface area contributed by atoms with E-state index >= 15 is 0 Å². The molecule has 2 rings (SSSR count). The maximum absolute atomic E-state index is 12.3. The van der Waals surface area contributed by atoms with Crippen LogP contribution in [-0.2, 0) is 0 Å². The van der Waals surface area contributed by atoms with Crippen molar-refractivity contribution < 1.29 is 4.79 Å². The third-order valence-electron chi connectivity index (χ3n) is 2.51. The number of rotatable bonds is 4. The van der Waals surface area contributed by atoms with Crippen LogP contribution in [0.3, 0.4) is 0 Å². The van der Waals surface area contributed by atoms with Gasteiger partial charge in [0.25, 0.3) is 5.91 Å². The van der Waals surface area contributed by atoms with Crippen molar-refractivity contribution in [2.45, 2.75) is 11.8 Å². The van der Waals surface area contributed by atoms with Gasteiger partial charge in [0.1, 0.15) is 0 Å². The Kier molecular flexibility index (Phi) is 5.05. The predicted octanol–water partition coefficient (Wildman–Crippen LogP) is 4.81. The molecule has 2 aromatic rings. The number of nitrogens with one attached hydrogen (secondary N) is 1. The van der Waals surface area contributed by atoms with Crippen molar-refractivity contribution in [1.29, 1.82) is 0 Å². The lowest BCUT2D eigenvalue weighted by molar-refractivity contribution is 0.102. The van der Waals surface area contributed by atoms with Gasteiger partial charge in [-0.15, -0.1) is 11.8 Å². The topological polar surface area (TPSA) is 29.1 Å². The highest BCUT2D eigenvalue weighted by atomic mass is 79.9. The van der Waals surface area contributed by atoms with E-state index < -0.39 is 0 Å². The van der Waals surface area contributed by atoms with Crippen molar-refractivity contribution in [2.24, 2.45) is 0 Å². The predicted molar refractivity (Wildman–Crippen MR) is 84.9 cm³/mol. The fourth-order valence-corrected chi connectivity index (χ4v) is 2.90. The normalized spacial score (nSPS) is 10.2. The van der Waals surface area contributed by atoms with E-state index in [0.717, 1.165) is 20.8 Å². The number of carbonyl (C=O) groups excluding carboxylic acids is 1. The molecule has 2 aromatic carbocycles. The van der Waals surface area contributed by atoms with Gasteiger partial charge in [0.05, 0.1) is 5.56 Å². The number of hydrogen-bond donors (Lipinski definition) is 1. The van der Waals surface area contributed by atoms with Crippen LogP contribution < -0.4 is 5.32 Å². The monoisotopic (exact) mass is 335 g/mol. The fraction of sp³-hybridized carbons (Fsp3) is 0.133. The van der Waals surface area contributed by atoms with Crippen LogP contribution in [0, 0.1) is 0 Å². The zero-order chi connectivity index (χ0) is 13.7. The van der Waals surface area contributed by atoms with Crippen molar-refractivity contribution >= 4 is 39.3 Å². The SMILES string of the molecule is CCSc1ccccc1C(=O)Nc1cccc(Br)c1. The van der Waals surface area contributed by atoms with Crippen molar-refractivity contribution in [3.63, 3.8) is 0 Å². The molecule has 19 heavy (non-hydrogen) atoms. The molecule has 4 heteroatoms. The number of amides is 1. The minimum Gasteiger partial charge on any atom is -0.322 e. The van der Waals surface area contributed by atoms with E-state index in [2.05, 4.69) is 28.2 Å². The molecule has 0 radical (unpaired) electrons. The standard InChI is InChI=1S/C15H14BrNOS/c1-2-19-14-9-4-3-8-13(14)15(18)17-12-7-5-6-11(16)10-12/h3-10H,2H2,1H3,(H,17,18). The number of halogens is 1. The summed E-state index contributed by atoms with van der Waals surface area (Å²) in [6, 6.07) is 15.2. The van der Waals surface area contributed by atoms with Gasteiger partial charge in [-0.2, -0.15) is 0 Å². The molecular formula is C15H14BrNOS. The molecule has 0 aliphatic carbocycles. The molecule has 98 valence electrons. The zero-order valence-corrected chi connectivity index (χ0v) is 12.9. The lowest BCUT2D eigenvalue weighted by atomic mass is 10.2. The third-order valence-corrected chi connectivity index (χ3v) is 3.96. The Balaban J connectivity index is 2.20. The Morgan fingerprint density at radius 1 is 1.21 bits per heavy atom. The van der Waals surface area contributed by atoms with Gasteiger partial charge < -0.3 is 5.32 Å². The van der Waals surface area contributed by atoms with E-state index in [4.69, 9.17) is 0 Å². The van der Waals surface area contributed by atoms with Crippen molar-refractivity contribution in [3.8, 4) is 0 Å². The summed E-state index contributed by atoms with van der Waals surface area (Å²) in [6.07, 6.45) is 0. The summed E-state index contributed by atoms with van der Waals surface area (Å²) in [6.45, 7) is 2.08. The quantitative estimate of drug-likeness (QED) is 0.812. The van der Waals surface area contributed by atoms with Crippen LogP contribution in [0.4, 0.5) is 5.69 Å². The van der Waals surface area contributed by atoms with Crippen LogP contribution in [-0.4, -0.2) is 11.7 Å². The number of anilines is 1. The lowest BCUT2D eigenvalue weighted by Gasteiger charge is -2.09. The van der Waals surface area contributed by atoms with E-state index in [1.165, 1.54) is 0 Å². The molecule has 2 nitrogen and oxygen atoms in total. The fourth-order valence-electron chi connectivity index (χ4n) is 1.70. The summed E-state index contributed by atoms with van der Waals surface area (Å²) in [4.78, 5) is 13.3. The first-order valence-corrected chi connectivity index (χ1v) is 7.77. The Morgan fingerprint density at radius 2 is 2.00 bits per heavy atom. The maximum Gasteiger partial charge on any atom is 0.256 e. The number of benzene rings is 2. The van der Waals surface area contributed by atoms with Gasteiger partial charge >= 0.3 is 0 Å². The summed E-state index contributed by atoms with van der Waals surface area (Å²) < 4.78 is 0.946. The summed E-state index contributed by atoms with van der Waals surface area (Å²) in [5.74, 6) is 0.871. The molecule has 0 atom stereocenters. The molecule has 0 aliphatic heterocycles. The molecule has 0 aromatic heterocycles. The Bertz CT molecular complexity index is 586. The van der Waals surface area contributed by atoms with Gasteiger partial charge in [-0.1, -0.05) is 41.1 Å². The summed E-state index contributed by atoms with van der Waals surface area (Å²) in [5, 5.41) is 2.92. The van der Waals surface area contributed by atoms with Crippen LogP contribution in [0.25, 0.3) is 0 Å². The Morgan fingerprint density at radius 3 is 2.74 bits per heavy atom. The molecule has 0 saturated carbocycles. The Hall–Kier alpha value is -1.26. The molecule has 0 unspecified atom stereocenters. The minimum atomic E-state index is -0.0744. The van der Waals surface area contributed by atoms with Crippen LogP contribution in [0.5, 0.6) is 0 Å². The average Bonchev–Trinajstić information content (AvgIpc) is 2.39. The Labute approximate surface area is 125 Å². The number of hydrogen-bond acceptors (Lipinski definition) is 2. The molecule has 1 N–H and O–H groups in total. The van der Waals surface area contributed by atoms with Crippen molar-refractivity contribution in [2.75, 3.05) is 11.1 Å². The van der Waals surface area contributed by atoms with Crippen molar-refractivity contribution in [3.05, 3.63) is 58.6 Å². The summed E-state index contributed by atoms with van der Waals surface area (Å²) in [7, 11) is 0. The van der Waals surface area contributed by atoms with Gasteiger partial charge in [-0.25, -0.2) is 0 Å². The van der Waals surface area contributed by atoms with Gasteiger partial charge in [-0.3, -0.25) is 4.79 Å². The van der Waals surface area contributed by atoms with E-state index in [0.29, 0.717) is 5.56 Å². The third kappa shape index (κ3) is 3.85. The molecule has 0 spiro atoms. The highest BCUT2D eigenvalue weighted by Gasteiger charge is 2.11.